The number of rotatable bonds is 6. The van der Waals surface area contributed by atoms with Gasteiger partial charge in [-0.25, -0.2) is 0 Å². The van der Waals surface area contributed by atoms with Crippen LogP contribution in [0, 0.1) is 11.8 Å². The van der Waals surface area contributed by atoms with Gasteiger partial charge >= 0.3 is 0 Å². The molecule has 0 aromatic carbocycles. The van der Waals surface area contributed by atoms with E-state index in [2.05, 4.69) is 6.92 Å². The zero-order valence-corrected chi connectivity index (χ0v) is 12.9. The molecule has 2 aliphatic rings. The van der Waals surface area contributed by atoms with Crippen LogP contribution in [0.4, 0.5) is 0 Å². The molecule has 116 valence electrons. The number of ketones is 1. The third-order valence-corrected chi connectivity index (χ3v) is 5.09. The molecule has 0 spiro atoms. The summed E-state index contributed by atoms with van der Waals surface area (Å²) in [6.07, 6.45) is 10.2. The number of carbonyl (C=O) groups is 1. The highest BCUT2D eigenvalue weighted by molar-refractivity contribution is 5.81. The molecule has 2 fully saturated rings. The fourth-order valence-corrected chi connectivity index (χ4v) is 3.72. The molecule has 0 saturated heterocycles. The van der Waals surface area contributed by atoms with Crippen molar-refractivity contribution in [2.24, 2.45) is 11.8 Å². The van der Waals surface area contributed by atoms with Crippen molar-refractivity contribution in [1.82, 2.24) is 0 Å². The minimum Gasteiger partial charge on any atom is -0.390 e. The first-order chi connectivity index (χ1) is 9.68. The van der Waals surface area contributed by atoms with E-state index in [9.17, 15) is 9.90 Å². The Balaban J connectivity index is 1.58. The molecule has 0 radical (unpaired) electrons. The lowest BCUT2D eigenvalue weighted by Gasteiger charge is -2.28. The number of carbonyl (C=O) groups excluding carboxylic acids is 1. The van der Waals surface area contributed by atoms with Gasteiger partial charge < -0.3 is 9.84 Å². The SMILES string of the molecule is C[C@H]1CCCC(=O)[C@@H]1CCCCO[C@@H]1CCCC[C@H]1O. The normalized spacial score (nSPS) is 35.2. The van der Waals surface area contributed by atoms with Gasteiger partial charge in [0.05, 0.1) is 12.2 Å². The molecule has 0 aliphatic heterocycles. The Morgan fingerprint density at radius 3 is 2.70 bits per heavy atom. The fraction of sp³-hybridized carbons (Fsp3) is 0.941. The van der Waals surface area contributed by atoms with E-state index in [-0.39, 0.29) is 12.2 Å². The summed E-state index contributed by atoms with van der Waals surface area (Å²) in [6.45, 7) is 2.95. The Morgan fingerprint density at radius 2 is 1.95 bits per heavy atom. The molecule has 0 aromatic heterocycles. The number of unbranched alkanes of at least 4 members (excludes halogenated alkanes) is 1. The first-order valence-corrected chi connectivity index (χ1v) is 8.51. The summed E-state index contributed by atoms with van der Waals surface area (Å²) >= 11 is 0. The summed E-state index contributed by atoms with van der Waals surface area (Å²) in [6, 6.07) is 0. The fourth-order valence-electron chi connectivity index (χ4n) is 3.72. The highest BCUT2D eigenvalue weighted by Crippen LogP contribution is 2.30. The molecule has 1 N–H and O–H groups in total. The molecular formula is C17H30O3. The van der Waals surface area contributed by atoms with Gasteiger partial charge in [-0.3, -0.25) is 4.79 Å². The summed E-state index contributed by atoms with van der Waals surface area (Å²) in [7, 11) is 0. The summed E-state index contributed by atoms with van der Waals surface area (Å²) in [5.74, 6) is 1.34. The van der Waals surface area contributed by atoms with Crippen LogP contribution < -0.4 is 0 Å². The molecule has 3 nitrogen and oxygen atoms in total. The van der Waals surface area contributed by atoms with Crippen molar-refractivity contribution in [1.29, 1.82) is 0 Å². The molecule has 4 atom stereocenters. The van der Waals surface area contributed by atoms with Crippen LogP contribution in [-0.2, 0) is 9.53 Å². The summed E-state index contributed by atoms with van der Waals surface area (Å²) in [5.41, 5.74) is 0. The van der Waals surface area contributed by atoms with Crippen LogP contribution in [0.5, 0.6) is 0 Å². The first kappa shape index (κ1) is 16.0. The molecule has 2 aliphatic carbocycles. The van der Waals surface area contributed by atoms with E-state index < -0.39 is 0 Å². The van der Waals surface area contributed by atoms with Crippen LogP contribution in [-0.4, -0.2) is 29.7 Å². The molecule has 2 rings (SSSR count). The van der Waals surface area contributed by atoms with Crippen LogP contribution in [0.25, 0.3) is 0 Å². The lowest BCUT2D eigenvalue weighted by atomic mass is 9.77. The molecule has 3 heteroatoms. The van der Waals surface area contributed by atoms with Crippen LogP contribution in [0.3, 0.4) is 0 Å². The third-order valence-electron chi connectivity index (χ3n) is 5.09. The number of hydrogen-bond donors (Lipinski definition) is 1. The van der Waals surface area contributed by atoms with Crippen LogP contribution in [0.15, 0.2) is 0 Å². The van der Waals surface area contributed by atoms with Gasteiger partial charge in [-0.2, -0.15) is 0 Å². The van der Waals surface area contributed by atoms with E-state index in [0.717, 1.165) is 58.0 Å². The Kier molecular flexibility index (Phi) is 6.50. The highest BCUT2D eigenvalue weighted by Gasteiger charge is 2.28. The maximum atomic E-state index is 11.9. The molecule has 0 aromatic rings. The van der Waals surface area contributed by atoms with Gasteiger partial charge in [0.25, 0.3) is 0 Å². The molecule has 0 unspecified atom stereocenters. The Labute approximate surface area is 123 Å². The quantitative estimate of drug-likeness (QED) is 0.759. The van der Waals surface area contributed by atoms with Crippen molar-refractivity contribution in [2.75, 3.05) is 6.61 Å². The smallest absolute Gasteiger partial charge is 0.136 e. The van der Waals surface area contributed by atoms with Gasteiger partial charge in [-0.15, -0.1) is 0 Å². The standard InChI is InChI=1S/C17H30O3/c1-13-7-6-10-15(18)14(13)8-4-5-12-20-17-11-3-2-9-16(17)19/h13-14,16-17,19H,2-12H2,1H3/t13-,14+,16+,17+/m0/s1. The van der Waals surface area contributed by atoms with Crippen molar-refractivity contribution in [3.63, 3.8) is 0 Å². The maximum Gasteiger partial charge on any atom is 0.136 e. The maximum absolute atomic E-state index is 11.9. The van der Waals surface area contributed by atoms with Crippen molar-refractivity contribution in [3.8, 4) is 0 Å². The molecular weight excluding hydrogens is 252 g/mol. The van der Waals surface area contributed by atoms with Gasteiger partial charge in [-0.1, -0.05) is 26.2 Å². The average Bonchev–Trinajstić information content (AvgIpc) is 2.43. The van der Waals surface area contributed by atoms with Gasteiger partial charge in [0, 0.05) is 18.9 Å². The van der Waals surface area contributed by atoms with E-state index >= 15 is 0 Å². The van der Waals surface area contributed by atoms with Gasteiger partial charge in [0.1, 0.15) is 5.78 Å². The van der Waals surface area contributed by atoms with Gasteiger partial charge in [-0.05, 0) is 44.4 Å². The number of ether oxygens (including phenoxy) is 1. The van der Waals surface area contributed by atoms with E-state index in [1.807, 2.05) is 0 Å². The summed E-state index contributed by atoms with van der Waals surface area (Å²) in [5, 5.41) is 9.83. The predicted molar refractivity (Wildman–Crippen MR) is 79.6 cm³/mol. The lowest BCUT2D eigenvalue weighted by molar-refractivity contribution is -0.126. The minimum absolute atomic E-state index is 0.0546. The Morgan fingerprint density at radius 1 is 1.15 bits per heavy atom. The van der Waals surface area contributed by atoms with E-state index in [1.165, 1.54) is 12.8 Å². The second-order valence-corrected chi connectivity index (χ2v) is 6.70. The second-order valence-electron chi connectivity index (χ2n) is 6.70. The van der Waals surface area contributed by atoms with Crippen LogP contribution in [0.2, 0.25) is 0 Å². The lowest BCUT2D eigenvalue weighted by Crippen LogP contribution is -2.32. The third kappa shape index (κ3) is 4.56. The van der Waals surface area contributed by atoms with Crippen LogP contribution >= 0.6 is 0 Å². The topological polar surface area (TPSA) is 46.5 Å². The first-order valence-electron chi connectivity index (χ1n) is 8.51. The zero-order chi connectivity index (χ0) is 14.4. The van der Waals surface area contributed by atoms with Crippen molar-refractivity contribution < 1.29 is 14.6 Å². The summed E-state index contributed by atoms with van der Waals surface area (Å²) in [4.78, 5) is 11.9. The van der Waals surface area contributed by atoms with Crippen LogP contribution in [0.1, 0.15) is 71.1 Å². The highest BCUT2D eigenvalue weighted by atomic mass is 16.5. The zero-order valence-electron chi connectivity index (χ0n) is 12.9. The van der Waals surface area contributed by atoms with E-state index in [0.29, 0.717) is 17.6 Å². The molecule has 0 amide bonds. The second kappa shape index (κ2) is 8.14. The number of aliphatic hydroxyl groups is 1. The number of aliphatic hydroxyl groups excluding tert-OH is 1. The minimum atomic E-state index is -0.260. The predicted octanol–water partition coefficient (Wildman–Crippen LogP) is 3.48. The Bertz CT molecular complexity index is 303. The largest absolute Gasteiger partial charge is 0.390 e. The van der Waals surface area contributed by atoms with Gasteiger partial charge in [0.15, 0.2) is 0 Å². The number of hydrogen-bond acceptors (Lipinski definition) is 3. The molecule has 0 heterocycles. The van der Waals surface area contributed by atoms with E-state index in [1.54, 1.807) is 0 Å². The number of Topliss-reactive ketones (excluding diaryl/α,β-unsaturated/α-hetero) is 1. The molecule has 0 bridgehead atoms. The molecule has 20 heavy (non-hydrogen) atoms. The van der Waals surface area contributed by atoms with E-state index in [4.69, 9.17) is 4.74 Å². The summed E-state index contributed by atoms with van der Waals surface area (Å²) < 4.78 is 5.80. The molecule has 2 saturated carbocycles. The monoisotopic (exact) mass is 282 g/mol. The van der Waals surface area contributed by atoms with Gasteiger partial charge in [0.2, 0.25) is 0 Å². The average molecular weight is 282 g/mol. The van der Waals surface area contributed by atoms with Crippen molar-refractivity contribution >= 4 is 5.78 Å². The van der Waals surface area contributed by atoms with Crippen molar-refractivity contribution in [2.45, 2.75) is 83.3 Å². The van der Waals surface area contributed by atoms with Crippen molar-refractivity contribution in [3.05, 3.63) is 0 Å². The Hall–Kier alpha value is -0.410.